The third-order valence-corrected chi connectivity index (χ3v) is 5.27. The standard InChI is InChI=1S/C17H21NO3/c1-9-3-4-13(7-10(9)2)16(19)18-15-12-6-5-11(8-12)14(15)17(20)21/h3-4,7,11-12,14-15H,5-6,8H2,1-2H3,(H,18,19)(H,20,21). The molecular formula is C17H21NO3. The van der Waals surface area contributed by atoms with Crippen molar-refractivity contribution in [2.45, 2.75) is 39.2 Å². The molecule has 2 saturated carbocycles. The molecule has 2 fully saturated rings. The molecule has 3 rings (SSSR count). The molecule has 2 bridgehead atoms. The number of aryl methyl sites for hydroxylation is 2. The van der Waals surface area contributed by atoms with E-state index in [1.54, 1.807) is 6.07 Å². The third-order valence-electron chi connectivity index (χ3n) is 5.27. The molecule has 1 amide bonds. The van der Waals surface area contributed by atoms with Crippen molar-refractivity contribution in [2.75, 3.05) is 0 Å². The molecule has 0 saturated heterocycles. The topological polar surface area (TPSA) is 66.4 Å². The monoisotopic (exact) mass is 287 g/mol. The molecule has 21 heavy (non-hydrogen) atoms. The fourth-order valence-corrected chi connectivity index (χ4v) is 3.97. The summed E-state index contributed by atoms with van der Waals surface area (Å²) in [5.74, 6) is -0.780. The number of carbonyl (C=O) groups is 2. The normalized spacial score (nSPS) is 30.4. The van der Waals surface area contributed by atoms with Crippen molar-refractivity contribution < 1.29 is 14.7 Å². The summed E-state index contributed by atoms with van der Waals surface area (Å²) in [5, 5.41) is 12.4. The minimum absolute atomic E-state index is 0.151. The van der Waals surface area contributed by atoms with E-state index in [0.29, 0.717) is 11.5 Å². The summed E-state index contributed by atoms with van der Waals surface area (Å²) in [4.78, 5) is 23.9. The van der Waals surface area contributed by atoms with Gasteiger partial charge in [-0.05, 0) is 68.2 Å². The molecule has 4 atom stereocenters. The maximum absolute atomic E-state index is 12.4. The van der Waals surface area contributed by atoms with Gasteiger partial charge in [0.2, 0.25) is 0 Å². The Kier molecular flexibility index (Phi) is 3.47. The zero-order chi connectivity index (χ0) is 15.1. The number of rotatable bonds is 3. The number of hydrogen-bond acceptors (Lipinski definition) is 2. The molecule has 0 aromatic heterocycles. The Labute approximate surface area is 124 Å². The lowest BCUT2D eigenvalue weighted by Gasteiger charge is -2.29. The molecular weight excluding hydrogens is 266 g/mol. The summed E-state index contributed by atoms with van der Waals surface area (Å²) < 4.78 is 0. The van der Waals surface area contributed by atoms with Gasteiger partial charge in [0.1, 0.15) is 0 Å². The molecule has 1 aromatic rings. The molecule has 0 radical (unpaired) electrons. The summed E-state index contributed by atoms with van der Waals surface area (Å²) in [6.45, 7) is 3.98. The first-order valence-corrected chi connectivity index (χ1v) is 7.58. The highest BCUT2D eigenvalue weighted by atomic mass is 16.4. The van der Waals surface area contributed by atoms with Gasteiger partial charge in [-0.1, -0.05) is 6.07 Å². The lowest BCUT2D eigenvalue weighted by atomic mass is 9.84. The van der Waals surface area contributed by atoms with E-state index in [1.807, 2.05) is 26.0 Å². The molecule has 4 unspecified atom stereocenters. The number of amides is 1. The summed E-state index contributed by atoms with van der Waals surface area (Å²) in [5.41, 5.74) is 2.84. The highest BCUT2D eigenvalue weighted by molar-refractivity contribution is 5.95. The van der Waals surface area contributed by atoms with Gasteiger partial charge in [0.15, 0.2) is 0 Å². The zero-order valence-corrected chi connectivity index (χ0v) is 12.4. The number of carboxylic acid groups (broad SMARTS) is 1. The van der Waals surface area contributed by atoms with Gasteiger partial charge in [0, 0.05) is 11.6 Å². The Morgan fingerprint density at radius 2 is 1.86 bits per heavy atom. The Bertz CT molecular complexity index is 596. The van der Waals surface area contributed by atoms with Crippen molar-refractivity contribution in [3.8, 4) is 0 Å². The number of carbonyl (C=O) groups excluding carboxylic acids is 1. The first-order valence-electron chi connectivity index (χ1n) is 7.58. The van der Waals surface area contributed by atoms with Gasteiger partial charge in [-0.15, -0.1) is 0 Å². The summed E-state index contributed by atoms with van der Waals surface area (Å²) in [7, 11) is 0. The summed E-state index contributed by atoms with van der Waals surface area (Å²) in [6.07, 6.45) is 2.96. The van der Waals surface area contributed by atoms with Crippen LogP contribution in [0.1, 0.15) is 40.7 Å². The van der Waals surface area contributed by atoms with E-state index in [4.69, 9.17) is 0 Å². The maximum Gasteiger partial charge on any atom is 0.308 e. The van der Waals surface area contributed by atoms with Crippen molar-refractivity contribution in [2.24, 2.45) is 17.8 Å². The van der Waals surface area contributed by atoms with Crippen LogP contribution in [0.4, 0.5) is 0 Å². The van der Waals surface area contributed by atoms with Crippen LogP contribution in [0.15, 0.2) is 18.2 Å². The molecule has 0 aliphatic heterocycles. The van der Waals surface area contributed by atoms with Gasteiger partial charge in [-0.2, -0.15) is 0 Å². The van der Waals surface area contributed by atoms with Gasteiger partial charge in [-0.25, -0.2) is 0 Å². The van der Waals surface area contributed by atoms with E-state index in [1.165, 1.54) is 0 Å². The Hall–Kier alpha value is -1.84. The van der Waals surface area contributed by atoms with E-state index in [0.717, 1.165) is 30.4 Å². The number of benzene rings is 1. The SMILES string of the molecule is Cc1ccc(C(=O)NC2C3CCC(C3)C2C(=O)O)cc1C. The van der Waals surface area contributed by atoms with E-state index in [2.05, 4.69) is 5.32 Å². The van der Waals surface area contributed by atoms with Crippen molar-refractivity contribution in [1.29, 1.82) is 0 Å². The van der Waals surface area contributed by atoms with Crippen molar-refractivity contribution in [1.82, 2.24) is 5.32 Å². The van der Waals surface area contributed by atoms with Crippen molar-refractivity contribution >= 4 is 11.9 Å². The van der Waals surface area contributed by atoms with Crippen LogP contribution in [0, 0.1) is 31.6 Å². The van der Waals surface area contributed by atoms with Crippen LogP contribution in [0.25, 0.3) is 0 Å². The average molecular weight is 287 g/mol. The van der Waals surface area contributed by atoms with E-state index in [9.17, 15) is 14.7 Å². The van der Waals surface area contributed by atoms with Crippen LogP contribution < -0.4 is 5.32 Å². The quantitative estimate of drug-likeness (QED) is 0.897. The smallest absolute Gasteiger partial charge is 0.308 e. The van der Waals surface area contributed by atoms with Gasteiger partial charge in [0.25, 0.3) is 5.91 Å². The molecule has 4 nitrogen and oxygen atoms in total. The molecule has 0 spiro atoms. The lowest BCUT2D eigenvalue weighted by molar-refractivity contribution is -0.144. The Morgan fingerprint density at radius 1 is 1.14 bits per heavy atom. The van der Waals surface area contributed by atoms with Crippen molar-refractivity contribution in [3.63, 3.8) is 0 Å². The summed E-state index contributed by atoms with van der Waals surface area (Å²) in [6, 6.07) is 5.39. The minimum atomic E-state index is -0.771. The molecule has 4 heteroatoms. The number of aliphatic carboxylic acids is 1. The van der Waals surface area contributed by atoms with Crippen LogP contribution in [0.3, 0.4) is 0 Å². The van der Waals surface area contributed by atoms with E-state index in [-0.39, 0.29) is 17.9 Å². The van der Waals surface area contributed by atoms with Crippen LogP contribution in [-0.4, -0.2) is 23.0 Å². The molecule has 2 aliphatic rings. The molecule has 2 aliphatic carbocycles. The van der Waals surface area contributed by atoms with Gasteiger partial charge < -0.3 is 10.4 Å². The first kappa shape index (κ1) is 14.1. The minimum Gasteiger partial charge on any atom is -0.481 e. The van der Waals surface area contributed by atoms with Crippen molar-refractivity contribution in [3.05, 3.63) is 34.9 Å². The Balaban J connectivity index is 1.77. The van der Waals surface area contributed by atoms with Gasteiger partial charge in [-0.3, -0.25) is 9.59 Å². The second-order valence-corrected chi connectivity index (χ2v) is 6.50. The second-order valence-electron chi connectivity index (χ2n) is 6.50. The van der Waals surface area contributed by atoms with Gasteiger partial charge >= 0.3 is 5.97 Å². The molecule has 112 valence electrons. The lowest BCUT2D eigenvalue weighted by Crippen LogP contribution is -2.46. The number of fused-ring (bicyclic) bond motifs is 2. The molecule has 2 N–H and O–H groups in total. The Morgan fingerprint density at radius 3 is 2.52 bits per heavy atom. The van der Waals surface area contributed by atoms with E-state index < -0.39 is 11.9 Å². The molecule has 0 heterocycles. The van der Waals surface area contributed by atoms with Gasteiger partial charge in [0.05, 0.1) is 5.92 Å². The zero-order valence-electron chi connectivity index (χ0n) is 12.4. The number of carboxylic acids is 1. The van der Waals surface area contributed by atoms with Crippen LogP contribution >= 0.6 is 0 Å². The highest BCUT2D eigenvalue weighted by Crippen LogP contribution is 2.48. The fourth-order valence-electron chi connectivity index (χ4n) is 3.97. The number of hydrogen-bond donors (Lipinski definition) is 2. The van der Waals surface area contributed by atoms with Crippen LogP contribution in [0.5, 0.6) is 0 Å². The number of nitrogens with one attached hydrogen (secondary N) is 1. The largest absolute Gasteiger partial charge is 0.481 e. The third kappa shape index (κ3) is 2.43. The second kappa shape index (κ2) is 5.17. The van der Waals surface area contributed by atoms with Crippen LogP contribution in [-0.2, 0) is 4.79 Å². The predicted molar refractivity (Wildman–Crippen MR) is 79.1 cm³/mol. The first-order chi connectivity index (χ1) is 9.97. The highest BCUT2D eigenvalue weighted by Gasteiger charge is 2.51. The van der Waals surface area contributed by atoms with E-state index >= 15 is 0 Å². The fraction of sp³-hybridized carbons (Fsp3) is 0.529. The predicted octanol–water partition coefficient (Wildman–Crippen LogP) is 2.53. The summed E-state index contributed by atoms with van der Waals surface area (Å²) >= 11 is 0. The maximum atomic E-state index is 12.4. The van der Waals surface area contributed by atoms with Crippen LogP contribution in [0.2, 0.25) is 0 Å². The molecule has 1 aromatic carbocycles. The average Bonchev–Trinajstić information content (AvgIpc) is 3.02.